The van der Waals surface area contributed by atoms with Gasteiger partial charge in [0.15, 0.2) is 10.7 Å². The smallest absolute Gasteiger partial charge is 0.257 e. The molecular formula is C21H11Cl2N5O2S2. The van der Waals surface area contributed by atoms with E-state index in [0.29, 0.717) is 49.4 Å². The topological polar surface area (TPSA) is 92.9 Å². The highest BCUT2D eigenvalue weighted by Crippen LogP contribution is 2.32. The first-order chi connectivity index (χ1) is 15.5. The fraction of sp³-hybridized carbons (Fsp3) is 0. The molecule has 7 nitrogen and oxygen atoms in total. The Bertz CT molecular complexity index is 1510. The molecule has 3 aromatic carbocycles. The van der Waals surface area contributed by atoms with Crippen LogP contribution in [0.5, 0.6) is 0 Å². The second kappa shape index (κ2) is 8.44. The molecule has 0 unspecified atom stereocenters. The Morgan fingerprint density at radius 2 is 1.81 bits per heavy atom. The van der Waals surface area contributed by atoms with Crippen LogP contribution >= 0.6 is 47.1 Å². The molecule has 1 amide bonds. The predicted molar refractivity (Wildman–Crippen MR) is 131 cm³/mol. The first kappa shape index (κ1) is 20.8. The summed E-state index contributed by atoms with van der Waals surface area (Å²) in [7, 11) is 0. The van der Waals surface area contributed by atoms with E-state index in [1.54, 1.807) is 54.6 Å². The Labute approximate surface area is 200 Å². The van der Waals surface area contributed by atoms with Gasteiger partial charge in [-0.3, -0.25) is 10.1 Å². The molecule has 0 bridgehead atoms. The van der Waals surface area contributed by atoms with Crippen LogP contribution in [0.4, 0.5) is 5.69 Å². The van der Waals surface area contributed by atoms with E-state index in [4.69, 9.17) is 39.8 Å². The number of halogens is 2. The summed E-state index contributed by atoms with van der Waals surface area (Å²) in [6, 6.07) is 15.5. The van der Waals surface area contributed by atoms with Gasteiger partial charge in [0.25, 0.3) is 5.91 Å². The number of aromatic nitrogens is 3. The first-order valence-electron chi connectivity index (χ1n) is 9.17. The number of amides is 1. The van der Waals surface area contributed by atoms with E-state index in [2.05, 4.69) is 24.4 Å². The number of nitrogens with zero attached hydrogens (tertiary/aromatic N) is 3. The molecule has 5 aromatic rings. The number of oxazole rings is 1. The minimum Gasteiger partial charge on any atom is -0.436 e. The number of hydrogen-bond acceptors (Lipinski definition) is 7. The van der Waals surface area contributed by atoms with Crippen molar-refractivity contribution < 1.29 is 9.21 Å². The summed E-state index contributed by atoms with van der Waals surface area (Å²) >= 11 is 18.6. The van der Waals surface area contributed by atoms with Crippen LogP contribution in [-0.4, -0.2) is 24.8 Å². The number of benzene rings is 3. The number of thiocarbonyl (C=S) groups is 1. The summed E-state index contributed by atoms with van der Waals surface area (Å²) in [5.74, 6) is 0.0289. The minimum atomic E-state index is -0.348. The van der Waals surface area contributed by atoms with E-state index in [0.717, 1.165) is 17.2 Å². The number of carbonyl (C=O) groups is 1. The van der Waals surface area contributed by atoms with Crippen LogP contribution in [0.3, 0.4) is 0 Å². The van der Waals surface area contributed by atoms with Gasteiger partial charge in [0.2, 0.25) is 5.89 Å². The molecule has 11 heteroatoms. The number of hydrogen-bond donors (Lipinski definition) is 2. The van der Waals surface area contributed by atoms with Gasteiger partial charge in [0, 0.05) is 16.3 Å². The summed E-state index contributed by atoms with van der Waals surface area (Å²) in [5.41, 5.74) is 4.30. The summed E-state index contributed by atoms with van der Waals surface area (Å²) in [5, 5.41) is 6.76. The Morgan fingerprint density at radius 1 is 0.969 bits per heavy atom. The van der Waals surface area contributed by atoms with E-state index in [9.17, 15) is 4.79 Å². The molecular weight excluding hydrogens is 489 g/mol. The Kier molecular flexibility index (Phi) is 5.48. The van der Waals surface area contributed by atoms with E-state index in [1.165, 1.54) is 0 Å². The van der Waals surface area contributed by atoms with Crippen LogP contribution in [0, 0.1) is 0 Å². The lowest BCUT2D eigenvalue weighted by Crippen LogP contribution is -2.34. The Balaban J connectivity index is 1.32. The van der Waals surface area contributed by atoms with Crippen molar-refractivity contribution in [3.8, 4) is 11.5 Å². The molecule has 2 aromatic heterocycles. The highest BCUT2D eigenvalue weighted by Gasteiger charge is 2.14. The van der Waals surface area contributed by atoms with E-state index < -0.39 is 0 Å². The van der Waals surface area contributed by atoms with Crippen LogP contribution < -0.4 is 10.6 Å². The van der Waals surface area contributed by atoms with E-state index >= 15 is 0 Å². The highest BCUT2D eigenvalue weighted by molar-refractivity contribution is 7.80. The second-order valence-electron chi connectivity index (χ2n) is 6.70. The van der Waals surface area contributed by atoms with Crippen LogP contribution in [0.2, 0.25) is 10.0 Å². The molecule has 0 aliphatic heterocycles. The van der Waals surface area contributed by atoms with Crippen molar-refractivity contribution in [2.45, 2.75) is 0 Å². The first-order valence-corrected chi connectivity index (χ1v) is 11.1. The molecule has 0 fully saturated rings. The number of carbonyl (C=O) groups excluding carboxylic acids is 1. The summed E-state index contributed by atoms with van der Waals surface area (Å²) in [6.07, 6.45) is 0. The van der Waals surface area contributed by atoms with Crippen LogP contribution in [0.25, 0.3) is 33.6 Å². The molecule has 5 rings (SSSR count). The lowest BCUT2D eigenvalue weighted by molar-refractivity contribution is 0.0978. The lowest BCUT2D eigenvalue weighted by atomic mass is 10.2. The zero-order valence-corrected chi connectivity index (χ0v) is 19.1. The van der Waals surface area contributed by atoms with Gasteiger partial charge in [-0.2, -0.15) is 8.75 Å². The molecule has 0 spiro atoms. The van der Waals surface area contributed by atoms with Gasteiger partial charge in [-0.1, -0.05) is 23.2 Å². The SMILES string of the molecule is O=C(NC(=S)Nc1ccc2oc(-c3ccc(Cl)cc3Cl)nc2c1)c1ccc2nsnc2c1. The molecule has 0 aliphatic rings. The van der Waals surface area contributed by atoms with Crippen molar-refractivity contribution in [1.82, 2.24) is 19.0 Å². The van der Waals surface area contributed by atoms with Gasteiger partial charge < -0.3 is 9.73 Å². The van der Waals surface area contributed by atoms with Crippen molar-refractivity contribution in [3.05, 3.63) is 70.2 Å². The summed E-state index contributed by atoms with van der Waals surface area (Å²) < 4.78 is 14.1. The zero-order chi connectivity index (χ0) is 22.2. The van der Waals surface area contributed by atoms with Crippen LogP contribution in [0.15, 0.2) is 59.0 Å². The van der Waals surface area contributed by atoms with Crippen molar-refractivity contribution >= 4 is 86.0 Å². The fourth-order valence-corrected chi connectivity index (χ4v) is 4.26. The predicted octanol–water partition coefficient (Wildman–Crippen LogP) is 5.93. The maximum atomic E-state index is 12.5. The maximum absolute atomic E-state index is 12.5. The van der Waals surface area contributed by atoms with Crippen molar-refractivity contribution in [2.24, 2.45) is 0 Å². The van der Waals surface area contributed by atoms with Gasteiger partial charge in [-0.05, 0) is 66.8 Å². The summed E-state index contributed by atoms with van der Waals surface area (Å²) in [6.45, 7) is 0. The molecule has 0 saturated carbocycles. The fourth-order valence-electron chi connectivity index (χ4n) is 3.04. The average molecular weight is 500 g/mol. The van der Waals surface area contributed by atoms with Gasteiger partial charge in [0.1, 0.15) is 16.6 Å². The second-order valence-corrected chi connectivity index (χ2v) is 8.48. The molecule has 2 heterocycles. The third-order valence-electron chi connectivity index (χ3n) is 4.55. The van der Waals surface area contributed by atoms with Gasteiger partial charge >= 0.3 is 0 Å². The molecule has 2 N–H and O–H groups in total. The van der Waals surface area contributed by atoms with E-state index in [-0.39, 0.29) is 11.0 Å². The van der Waals surface area contributed by atoms with Crippen molar-refractivity contribution in [2.75, 3.05) is 5.32 Å². The molecule has 0 saturated heterocycles. The maximum Gasteiger partial charge on any atom is 0.257 e. The number of fused-ring (bicyclic) bond motifs is 2. The number of nitrogens with one attached hydrogen (secondary N) is 2. The third kappa shape index (κ3) is 4.15. The van der Waals surface area contributed by atoms with Gasteiger partial charge in [-0.15, -0.1) is 0 Å². The van der Waals surface area contributed by atoms with Crippen LogP contribution in [-0.2, 0) is 0 Å². The molecule has 0 atom stereocenters. The number of rotatable bonds is 3. The molecule has 32 heavy (non-hydrogen) atoms. The Hall–Kier alpha value is -3.11. The monoisotopic (exact) mass is 499 g/mol. The number of anilines is 1. The largest absolute Gasteiger partial charge is 0.436 e. The van der Waals surface area contributed by atoms with Gasteiger partial charge in [0.05, 0.1) is 22.3 Å². The molecule has 0 aliphatic carbocycles. The van der Waals surface area contributed by atoms with Crippen molar-refractivity contribution in [1.29, 1.82) is 0 Å². The molecule has 0 radical (unpaired) electrons. The Morgan fingerprint density at radius 3 is 2.66 bits per heavy atom. The highest BCUT2D eigenvalue weighted by atomic mass is 35.5. The molecule has 158 valence electrons. The van der Waals surface area contributed by atoms with Crippen LogP contribution in [0.1, 0.15) is 10.4 Å². The standard InChI is InChI=1S/C21H11Cl2N5O2S2/c22-11-2-4-13(14(23)8-11)20-25-17-9-12(3-6-18(17)30-20)24-21(31)26-19(29)10-1-5-15-16(7-10)28-32-27-15/h1-9H,(H2,24,26,29,31). The average Bonchev–Trinajstić information content (AvgIpc) is 3.39. The van der Waals surface area contributed by atoms with Crippen molar-refractivity contribution in [3.63, 3.8) is 0 Å². The normalized spacial score (nSPS) is 11.1. The zero-order valence-electron chi connectivity index (χ0n) is 15.9. The van der Waals surface area contributed by atoms with Gasteiger partial charge in [-0.25, -0.2) is 4.98 Å². The summed E-state index contributed by atoms with van der Waals surface area (Å²) in [4.78, 5) is 17.0. The lowest BCUT2D eigenvalue weighted by Gasteiger charge is -2.09. The van der Waals surface area contributed by atoms with E-state index in [1.807, 2.05) is 0 Å². The third-order valence-corrected chi connectivity index (χ3v) is 5.86. The minimum absolute atomic E-state index is 0.148. The quantitative estimate of drug-likeness (QED) is 0.297.